The van der Waals surface area contributed by atoms with Crippen LogP contribution in [0.3, 0.4) is 0 Å². The van der Waals surface area contributed by atoms with Crippen molar-refractivity contribution in [2.45, 2.75) is 18.0 Å². The summed E-state index contributed by atoms with van der Waals surface area (Å²) >= 11 is 13.5. The molecular weight excluding hydrogens is 353 g/mol. The third kappa shape index (κ3) is 4.15. The maximum Gasteiger partial charge on any atom is 0.242 e. The molecule has 0 aliphatic carbocycles. The average molecular weight is 366 g/mol. The lowest BCUT2D eigenvalue weighted by Gasteiger charge is -2.12. The first-order valence-corrected chi connectivity index (χ1v) is 9.11. The number of hydrogen-bond donors (Lipinski definition) is 2. The summed E-state index contributed by atoms with van der Waals surface area (Å²) in [4.78, 5) is 3.99. The summed E-state index contributed by atoms with van der Waals surface area (Å²) in [6.45, 7) is 0.532. The lowest BCUT2D eigenvalue weighted by Crippen LogP contribution is -2.24. The quantitative estimate of drug-likeness (QED) is 0.825. The van der Waals surface area contributed by atoms with Gasteiger partial charge in [-0.15, -0.1) is 11.3 Å². The van der Waals surface area contributed by atoms with Crippen LogP contribution in [0.15, 0.2) is 27.9 Å². The third-order valence-corrected chi connectivity index (χ3v) is 5.50. The van der Waals surface area contributed by atoms with E-state index in [0.717, 1.165) is 0 Å². The Morgan fingerprint density at radius 2 is 2.05 bits per heavy atom. The Kier molecular flexibility index (Phi) is 5.59. The number of aromatic nitrogens is 1. The molecule has 1 heterocycles. The zero-order chi connectivity index (χ0) is 15.5. The highest BCUT2D eigenvalue weighted by atomic mass is 35.5. The molecule has 0 saturated carbocycles. The van der Waals surface area contributed by atoms with Crippen LogP contribution in [0.2, 0.25) is 10.0 Å². The van der Waals surface area contributed by atoms with E-state index in [9.17, 15) is 8.42 Å². The van der Waals surface area contributed by atoms with E-state index < -0.39 is 10.0 Å². The topological polar surface area (TPSA) is 71.1 Å². The van der Waals surface area contributed by atoms with Crippen LogP contribution in [0.4, 0.5) is 0 Å². The monoisotopic (exact) mass is 365 g/mol. The van der Waals surface area contributed by atoms with Gasteiger partial charge in [-0.25, -0.2) is 18.1 Å². The summed E-state index contributed by atoms with van der Waals surface area (Å²) in [6.07, 6.45) is 0. The smallest absolute Gasteiger partial charge is 0.242 e. The normalized spacial score (nSPS) is 11.8. The summed E-state index contributed by atoms with van der Waals surface area (Å²) < 4.78 is 27.2. The molecule has 114 valence electrons. The number of sulfonamides is 1. The van der Waals surface area contributed by atoms with Crippen molar-refractivity contribution in [1.82, 2.24) is 15.0 Å². The second kappa shape index (κ2) is 7.04. The van der Waals surface area contributed by atoms with Gasteiger partial charge in [0.15, 0.2) is 0 Å². The fourth-order valence-corrected chi connectivity index (χ4v) is 4.19. The summed E-state index contributed by atoms with van der Waals surface area (Å²) in [5, 5.41) is 5.17. The minimum Gasteiger partial charge on any atom is -0.316 e. The van der Waals surface area contributed by atoms with Crippen molar-refractivity contribution in [2.24, 2.45) is 0 Å². The molecule has 2 rings (SSSR count). The maximum absolute atomic E-state index is 12.4. The highest BCUT2D eigenvalue weighted by Crippen LogP contribution is 2.29. The molecule has 0 aliphatic rings. The Bertz CT molecular complexity index is 718. The second-order valence-electron chi connectivity index (χ2n) is 4.21. The van der Waals surface area contributed by atoms with Crippen molar-refractivity contribution in [3.63, 3.8) is 0 Å². The zero-order valence-corrected chi connectivity index (χ0v) is 14.2. The maximum atomic E-state index is 12.4. The first-order valence-electron chi connectivity index (χ1n) is 5.93. The van der Waals surface area contributed by atoms with E-state index in [4.69, 9.17) is 23.2 Å². The number of nitrogens with one attached hydrogen (secondary N) is 2. The summed E-state index contributed by atoms with van der Waals surface area (Å²) in [5.41, 5.74) is 2.92. The van der Waals surface area contributed by atoms with Crippen molar-refractivity contribution in [3.05, 3.63) is 44.3 Å². The molecule has 0 bridgehead atoms. The highest BCUT2D eigenvalue weighted by molar-refractivity contribution is 7.89. The van der Waals surface area contributed by atoms with E-state index >= 15 is 0 Å². The standard InChI is InChI=1S/C12H13Cl2N3O2S2/c1-15-4-8-2-9(13)3-11(12(8)14)21(18,19)17-5-10-6-20-7-16-10/h2-3,6-7,15,17H,4-5H2,1H3. The lowest BCUT2D eigenvalue weighted by molar-refractivity contribution is 0.580. The van der Waals surface area contributed by atoms with Gasteiger partial charge >= 0.3 is 0 Å². The van der Waals surface area contributed by atoms with Gasteiger partial charge in [-0.05, 0) is 24.7 Å². The zero-order valence-electron chi connectivity index (χ0n) is 11.1. The van der Waals surface area contributed by atoms with E-state index in [1.54, 1.807) is 24.0 Å². The van der Waals surface area contributed by atoms with Crippen molar-refractivity contribution < 1.29 is 8.42 Å². The van der Waals surface area contributed by atoms with Gasteiger partial charge in [-0.1, -0.05) is 23.2 Å². The van der Waals surface area contributed by atoms with E-state index in [1.807, 2.05) is 0 Å². The molecule has 0 radical (unpaired) electrons. The fraction of sp³-hybridized carbons (Fsp3) is 0.250. The number of rotatable bonds is 6. The van der Waals surface area contributed by atoms with Gasteiger partial charge in [0.05, 0.1) is 22.8 Å². The summed E-state index contributed by atoms with van der Waals surface area (Å²) in [7, 11) is -2.02. The van der Waals surface area contributed by atoms with Crippen LogP contribution < -0.4 is 10.0 Å². The fourth-order valence-electron chi connectivity index (χ4n) is 1.70. The molecule has 0 spiro atoms. The van der Waals surface area contributed by atoms with Gasteiger partial charge in [0.25, 0.3) is 0 Å². The molecule has 2 N–H and O–H groups in total. The molecule has 2 aromatic rings. The molecule has 0 saturated heterocycles. The predicted molar refractivity (Wildman–Crippen MR) is 85.4 cm³/mol. The number of halogens is 2. The average Bonchev–Trinajstić information content (AvgIpc) is 2.94. The molecule has 0 amide bonds. The lowest BCUT2D eigenvalue weighted by atomic mass is 10.2. The minimum absolute atomic E-state index is 0.0304. The van der Waals surface area contributed by atoms with Crippen LogP contribution in [0, 0.1) is 0 Å². The van der Waals surface area contributed by atoms with Crippen LogP contribution in [0.5, 0.6) is 0 Å². The molecule has 9 heteroatoms. The largest absolute Gasteiger partial charge is 0.316 e. The van der Waals surface area contributed by atoms with Crippen LogP contribution in [0.25, 0.3) is 0 Å². The van der Waals surface area contributed by atoms with Gasteiger partial charge in [0.2, 0.25) is 10.0 Å². The van der Waals surface area contributed by atoms with Gasteiger partial charge < -0.3 is 5.32 Å². The molecule has 0 fully saturated rings. The van der Waals surface area contributed by atoms with Crippen LogP contribution >= 0.6 is 34.5 Å². The highest BCUT2D eigenvalue weighted by Gasteiger charge is 2.21. The molecule has 0 aliphatic heterocycles. The third-order valence-electron chi connectivity index (χ3n) is 2.66. The predicted octanol–water partition coefficient (Wildman–Crippen LogP) is 2.65. The SMILES string of the molecule is CNCc1cc(Cl)cc(S(=O)(=O)NCc2cscn2)c1Cl. The molecule has 5 nitrogen and oxygen atoms in total. The van der Waals surface area contributed by atoms with Crippen molar-refractivity contribution >= 4 is 44.6 Å². The van der Waals surface area contributed by atoms with Gasteiger partial charge in [-0.3, -0.25) is 0 Å². The number of hydrogen-bond acceptors (Lipinski definition) is 5. The molecule has 1 aromatic heterocycles. The second-order valence-corrected chi connectivity index (χ2v) is 7.48. The van der Waals surface area contributed by atoms with Crippen molar-refractivity contribution in [3.8, 4) is 0 Å². The molecule has 21 heavy (non-hydrogen) atoms. The Morgan fingerprint density at radius 1 is 1.29 bits per heavy atom. The Balaban J connectivity index is 2.30. The van der Waals surface area contributed by atoms with Crippen LogP contribution in [0.1, 0.15) is 11.3 Å². The first-order chi connectivity index (χ1) is 9.94. The van der Waals surface area contributed by atoms with E-state index in [2.05, 4.69) is 15.0 Å². The first kappa shape index (κ1) is 16.7. The van der Waals surface area contributed by atoms with Crippen LogP contribution in [-0.2, 0) is 23.1 Å². The number of benzene rings is 1. The van der Waals surface area contributed by atoms with Crippen molar-refractivity contribution in [2.75, 3.05) is 7.05 Å². The summed E-state index contributed by atoms with van der Waals surface area (Å²) in [5.74, 6) is 0. The summed E-state index contributed by atoms with van der Waals surface area (Å²) in [6, 6.07) is 2.98. The van der Waals surface area contributed by atoms with Crippen molar-refractivity contribution in [1.29, 1.82) is 0 Å². The number of thiazole rings is 1. The number of nitrogens with zero attached hydrogens (tertiary/aromatic N) is 1. The van der Waals surface area contributed by atoms with Gasteiger partial charge in [0, 0.05) is 16.9 Å². The van der Waals surface area contributed by atoms with Gasteiger partial charge in [-0.2, -0.15) is 0 Å². The Hall–Kier alpha value is -0.700. The Labute approximate surface area is 137 Å². The minimum atomic E-state index is -3.76. The molecule has 0 unspecified atom stereocenters. The molecule has 1 aromatic carbocycles. The van der Waals surface area contributed by atoms with E-state index in [-0.39, 0.29) is 16.5 Å². The van der Waals surface area contributed by atoms with Crippen LogP contribution in [-0.4, -0.2) is 20.4 Å². The molecule has 0 atom stereocenters. The van der Waals surface area contributed by atoms with E-state index in [0.29, 0.717) is 22.8 Å². The van der Waals surface area contributed by atoms with Gasteiger partial charge in [0.1, 0.15) is 4.90 Å². The van der Waals surface area contributed by atoms with E-state index in [1.165, 1.54) is 17.4 Å². The Morgan fingerprint density at radius 3 is 2.67 bits per heavy atom. The molecular formula is C12H13Cl2N3O2S2.